The number of non-ortho nitro benzene ring substituents is 1. The van der Waals surface area contributed by atoms with Crippen LogP contribution in [0.3, 0.4) is 0 Å². The zero-order chi connectivity index (χ0) is 22.9. The largest absolute Gasteiger partial charge is 0.422 e. The highest BCUT2D eigenvalue weighted by Crippen LogP contribution is 2.19. The van der Waals surface area contributed by atoms with Crippen molar-refractivity contribution in [2.75, 3.05) is 11.9 Å². The van der Waals surface area contributed by atoms with Gasteiger partial charge in [0.1, 0.15) is 5.75 Å². The van der Waals surface area contributed by atoms with Gasteiger partial charge in [-0.05, 0) is 42.8 Å². The molecule has 0 aliphatic carbocycles. The Morgan fingerprint density at radius 3 is 2.44 bits per heavy atom. The Kier molecular flexibility index (Phi) is 7.26. The van der Waals surface area contributed by atoms with E-state index in [4.69, 9.17) is 4.74 Å². The molecule has 0 saturated heterocycles. The van der Waals surface area contributed by atoms with E-state index in [1.54, 1.807) is 24.3 Å². The number of benzene rings is 3. The lowest BCUT2D eigenvalue weighted by atomic mass is 10.2. The second-order valence-electron chi connectivity index (χ2n) is 6.69. The van der Waals surface area contributed by atoms with Crippen molar-refractivity contribution in [3.8, 4) is 5.75 Å². The van der Waals surface area contributed by atoms with Crippen molar-refractivity contribution in [1.82, 2.24) is 5.43 Å². The molecule has 0 atom stereocenters. The maximum absolute atomic E-state index is 12.4. The second kappa shape index (κ2) is 10.5. The molecular formula is C23H20N4O5. The van der Waals surface area contributed by atoms with E-state index in [9.17, 15) is 19.7 Å². The highest BCUT2D eigenvalue weighted by atomic mass is 16.6. The predicted molar refractivity (Wildman–Crippen MR) is 120 cm³/mol. The number of hydrogen-bond acceptors (Lipinski definition) is 7. The summed E-state index contributed by atoms with van der Waals surface area (Å²) in [6, 6.07) is 19.3. The molecule has 9 heteroatoms. The van der Waals surface area contributed by atoms with E-state index in [2.05, 4.69) is 15.8 Å². The number of anilines is 1. The molecule has 0 unspecified atom stereocenters. The smallest absolute Gasteiger partial charge is 0.343 e. The average molecular weight is 432 g/mol. The van der Waals surface area contributed by atoms with Gasteiger partial charge in [0.2, 0.25) is 0 Å². The molecule has 32 heavy (non-hydrogen) atoms. The van der Waals surface area contributed by atoms with E-state index in [-0.39, 0.29) is 29.5 Å². The van der Waals surface area contributed by atoms with Crippen LogP contribution in [-0.4, -0.2) is 29.6 Å². The van der Waals surface area contributed by atoms with E-state index >= 15 is 0 Å². The first-order chi connectivity index (χ1) is 15.4. The molecule has 0 radical (unpaired) electrons. The van der Waals surface area contributed by atoms with Crippen LogP contribution in [0.2, 0.25) is 0 Å². The van der Waals surface area contributed by atoms with Gasteiger partial charge in [0.25, 0.3) is 11.6 Å². The summed E-state index contributed by atoms with van der Waals surface area (Å²) in [4.78, 5) is 34.6. The number of nitro groups is 1. The van der Waals surface area contributed by atoms with Crippen LogP contribution in [-0.2, 0) is 4.79 Å². The minimum Gasteiger partial charge on any atom is -0.422 e. The number of esters is 1. The molecule has 0 aliphatic heterocycles. The Balaban J connectivity index is 1.59. The molecule has 0 aliphatic rings. The fourth-order valence-electron chi connectivity index (χ4n) is 2.72. The van der Waals surface area contributed by atoms with Crippen molar-refractivity contribution >= 4 is 29.5 Å². The molecule has 0 spiro atoms. The number of ether oxygens (including phenoxy) is 1. The van der Waals surface area contributed by atoms with E-state index in [1.807, 2.05) is 31.2 Å². The molecule has 0 heterocycles. The van der Waals surface area contributed by atoms with Crippen molar-refractivity contribution < 1.29 is 19.2 Å². The number of nitrogens with one attached hydrogen (secondary N) is 2. The minimum absolute atomic E-state index is 0.0406. The lowest BCUT2D eigenvalue weighted by Gasteiger charge is -2.08. The third-order valence-corrected chi connectivity index (χ3v) is 4.41. The number of nitrogens with zero attached hydrogens (tertiary/aromatic N) is 2. The summed E-state index contributed by atoms with van der Waals surface area (Å²) in [6.45, 7) is 1.98. The molecule has 0 aromatic heterocycles. The molecule has 162 valence electrons. The van der Waals surface area contributed by atoms with Gasteiger partial charge in [-0.25, -0.2) is 10.2 Å². The maximum Gasteiger partial charge on any atom is 0.343 e. The number of carbonyl (C=O) groups is 2. The minimum atomic E-state index is -0.674. The summed E-state index contributed by atoms with van der Waals surface area (Å²) in [6.07, 6.45) is 1.37. The summed E-state index contributed by atoms with van der Waals surface area (Å²) in [5.74, 6) is -0.788. The van der Waals surface area contributed by atoms with Gasteiger partial charge in [-0.15, -0.1) is 0 Å². The maximum atomic E-state index is 12.4. The van der Waals surface area contributed by atoms with Gasteiger partial charge in [0.05, 0.1) is 23.2 Å². The summed E-state index contributed by atoms with van der Waals surface area (Å²) < 4.78 is 5.38. The zero-order valence-corrected chi connectivity index (χ0v) is 17.1. The van der Waals surface area contributed by atoms with E-state index < -0.39 is 10.9 Å². The fourth-order valence-corrected chi connectivity index (χ4v) is 2.72. The molecule has 0 fully saturated rings. The van der Waals surface area contributed by atoms with Crippen LogP contribution in [0.15, 0.2) is 77.9 Å². The van der Waals surface area contributed by atoms with Gasteiger partial charge in [-0.1, -0.05) is 30.3 Å². The van der Waals surface area contributed by atoms with Gasteiger partial charge < -0.3 is 10.1 Å². The highest BCUT2D eigenvalue weighted by molar-refractivity contribution is 5.93. The number of hydrazone groups is 1. The number of para-hydroxylation sites is 2. The van der Waals surface area contributed by atoms with Gasteiger partial charge in [-0.3, -0.25) is 14.9 Å². The molecule has 9 nitrogen and oxygen atoms in total. The first-order valence-corrected chi connectivity index (χ1v) is 9.61. The number of hydrogen-bond donors (Lipinski definition) is 2. The van der Waals surface area contributed by atoms with E-state index in [1.165, 1.54) is 30.5 Å². The molecule has 3 aromatic carbocycles. The number of nitro benzene ring substituents is 1. The van der Waals surface area contributed by atoms with Gasteiger partial charge in [-0.2, -0.15) is 5.10 Å². The first kappa shape index (κ1) is 22.2. The van der Waals surface area contributed by atoms with Crippen molar-refractivity contribution in [3.05, 3.63) is 99.6 Å². The topological polar surface area (TPSA) is 123 Å². The number of aryl methyl sites for hydroxylation is 1. The number of amides is 1. The molecule has 3 rings (SSSR count). The van der Waals surface area contributed by atoms with Gasteiger partial charge in [0, 0.05) is 23.4 Å². The Labute approximate surface area is 183 Å². The van der Waals surface area contributed by atoms with Crippen LogP contribution in [0.1, 0.15) is 21.5 Å². The van der Waals surface area contributed by atoms with E-state index in [0.717, 1.165) is 11.3 Å². The monoisotopic (exact) mass is 432 g/mol. The fraction of sp³-hybridized carbons (Fsp3) is 0.0870. The molecule has 0 bridgehead atoms. The van der Waals surface area contributed by atoms with Gasteiger partial charge >= 0.3 is 5.97 Å². The summed E-state index contributed by atoms with van der Waals surface area (Å²) in [7, 11) is 0. The standard InChI is InChI=1S/C23H20N4O5/c1-16-6-2-4-8-20(16)24-15-22(28)26-25-14-18-7-3-5-9-21(18)32-23(29)17-10-12-19(13-11-17)27(30)31/h2-14,24H,15H2,1H3,(H,26,28). The van der Waals surface area contributed by atoms with Crippen LogP contribution in [0.25, 0.3) is 0 Å². The van der Waals surface area contributed by atoms with Crippen LogP contribution in [0.4, 0.5) is 11.4 Å². The Morgan fingerprint density at radius 1 is 1.03 bits per heavy atom. The lowest BCUT2D eigenvalue weighted by molar-refractivity contribution is -0.384. The summed E-state index contributed by atoms with van der Waals surface area (Å²) >= 11 is 0. The van der Waals surface area contributed by atoms with Crippen molar-refractivity contribution in [2.45, 2.75) is 6.92 Å². The van der Waals surface area contributed by atoms with Crippen molar-refractivity contribution in [2.24, 2.45) is 5.10 Å². The van der Waals surface area contributed by atoms with Crippen LogP contribution < -0.4 is 15.5 Å². The molecule has 1 amide bonds. The number of rotatable bonds is 8. The molecule has 2 N–H and O–H groups in total. The first-order valence-electron chi connectivity index (χ1n) is 9.61. The van der Waals surface area contributed by atoms with Gasteiger partial charge in [0.15, 0.2) is 0 Å². The quantitative estimate of drug-likeness (QED) is 0.184. The predicted octanol–water partition coefficient (Wildman–Crippen LogP) is 3.68. The Hall–Kier alpha value is -4.53. The van der Waals surface area contributed by atoms with Crippen molar-refractivity contribution in [1.29, 1.82) is 0 Å². The zero-order valence-electron chi connectivity index (χ0n) is 17.1. The van der Waals surface area contributed by atoms with Crippen LogP contribution in [0.5, 0.6) is 5.75 Å². The highest BCUT2D eigenvalue weighted by Gasteiger charge is 2.13. The molecule has 3 aromatic rings. The summed E-state index contributed by atoms with van der Waals surface area (Å²) in [5.41, 5.74) is 4.80. The molecular weight excluding hydrogens is 412 g/mol. The van der Waals surface area contributed by atoms with E-state index in [0.29, 0.717) is 5.56 Å². The van der Waals surface area contributed by atoms with Crippen molar-refractivity contribution in [3.63, 3.8) is 0 Å². The SMILES string of the molecule is Cc1ccccc1NCC(=O)NN=Cc1ccccc1OC(=O)c1ccc([N+](=O)[O-])cc1. The number of carbonyl (C=O) groups excluding carboxylic acids is 2. The molecule has 0 saturated carbocycles. The third kappa shape index (κ3) is 5.99. The van der Waals surface area contributed by atoms with Crippen LogP contribution >= 0.6 is 0 Å². The Bertz CT molecular complexity index is 1160. The normalized spacial score (nSPS) is 10.5. The lowest BCUT2D eigenvalue weighted by Crippen LogP contribution is -2.26. The van der Waals surface area contributed by atoms with Crippen LogP contribution in [0, 0.1) is 17.0 Å². The average Bonchev–Trinajstić information content (AvgIpc) is 2.79. The Morgan fingerprint density at radius 2 is 1.72 bits per heavy atom. The third-order valence-electron chi connectivity index (χ3n) is 4.41. The summed E-state index contributed by atoms with van der Waals surface area (Å²) in [5, 5.41) is 17.7. The second-order valence-corrected chi connectivity index (χ2v) is 6.69.